The van der Waals surface area contributed by atoms with E-state index in [1.165, 1.54) is 19.3 Å². The summed E-state index contributed by atoms with van der Waals surface area (Å²) in [6.07, 6.45) is 6.84. The van der Waals surface area contributed by atoms with Gasteiger partial charge in [0.25, 0.3) is 0 Å². The highest BCUT2D eigenvalue weighted by atomic mass is 16.6. The molecule has 2 bridgehead atoms. The van der Waals surface area contributed by atoms with Crippen molar-refractivity contribution >= 4 is 6.09 Å². The number of carbonyl (C=O) groups is 1. The predicted molar refractivity (Wildman–Crippen MR) is 97.6 cm³/mol. The Morgan fingerprint density at radius 2 is 1.77 bits per heavy atom. The van der Waals surface area contributed by atoms with Gasteiger partial charge >= 0.3 is 6.09 Å². The van der Waals surface area contributed by atoms with Gasteiger partial charge in [0.1, 0.15) is 6.61 Å². The van der Waals surface area contributed by atoms with E-state index in [0.717, 1.165) is 18.4 Å². The van der Waals surface area contributed by atoms with Crippen LogP contribution in [-0.4, -0.2) is 47.0 Å². The fourth-order valence-electron chi connectivity index (χ4n) is 5.08. The number of ether oxygens (including phenoxy) is 2. The Balaban J connectivity index is 1.42. The summed E-state index contributed by atoms with van der Waals surface area (Å²) in [5.41, 5.74) is 0.327. The number of aliphatic hydroxyl groups is 1. The number of rotatable bonds is 3. The first kappa shape index (κ1) is 17.8. The van der Waals surface area contributed by atoms with Crippen LogP contribution in [0, 0.1) is 5.92 Å². The SMILES string of the molecule is O=C(OCc1ccccc1)N1C2COCC1CC(O)(C1CCCCC1)C2. The highest BCUT2D eigenvalue weighted by Gasteiger charge is 2.51. The number of benzene rings is 1. The summed E-state index contributed by atoms with van der Waals surface area (Å²) >= 11 is 0. The van der Waals surface area contributed by atoms with Crippen molar-refractivity contribution < 1.29 is 19.4 Å². The van der Waals surface area contributed by atoms with Crippen molar-refractivity contribution in [2.45, 2.75) is 69.2 Å². The van der Waals surface area contributed by atoms with Gasteiger partial charge in [-0.05, 0) is 37.2 Å². The maximum atomic E-state index is 12.7. The van der Waals surface area contributed by atoms with Crippen molar-refractivity contribution in [1.82, 2.24) is 4.90 Å². The van der Waals surface area contributed by atoms with Crippen LogP contribution in [0.2, 0.25) is 0 Å². The van der Waals surface area contributed by atoms with Crippen molar-refractivity contribution in [3.05, 3.63) is 35.9 Å². The lowest BCUT2D eigenvalue weighted by molar-refractivity contribution is -0.157. The minimum atomic E-state index is -0.657. The number of morpholine rings is 1. The number of hydrogen-bond donors (Lipinski definition) is 1. The van der Waals surface area contributed by atoms with Crippen molar-refractivity contribution in [1.29, 1.82) is 0 Å². The summed E-state index contributed by atoms with van der Waals surface area (Å²) in [6.45, 7) is 1.27. The summed E-state index contributed by atoms with van der Waals surface area (Å²) in [6, 6.07) is 9.57. The van der Waals surface area contributed by atoms with E-state index >= 15 is 0 Å². The predicted octanol–water partition coefficient (Wildman–Crippen LogP) is 3.50. The van der Waals surface area contributed by atoms with Gasteiger partial charge in [0.05, 0.1) is 30.9 Å². The first-order chi connectivity index (χ1) is 12.7. The van der Waals surface area contributed by atoms with Gasteiger partial charge in [-0.1, -0.05) is 49.6 Å². The molecule has 2 saturated heterocycles. The molecule has 2 atom stereocenters. The lowest BCUT2D eigenvalue weighted by Gasteiger charge is -2.53. The van der Waals surface area contributed by atoms with Crippen molar-refractivity contribution in [2.75, 3.05) is 13.2 Å². The van der Waals surface area contributed by atoms with Gasteiger partial charge in [-0.3, -0.25) is 4.90 Å². The second kappa shape index (κ2) is 7.57. The third-order valence-electron chi connectivity index (χ3n) is 6.37. The number of hydrogen-bond acceptors (Lipinski definition) is 4. The maximum absolute atomic E-state index is 12.7. The average Bonchev–Trinajstić information content (AvgIpc) is 2.67. The maximum Gasteiger partial charge on any atom is 0.410 e. The monoisotopic (exact) mass is 359 g/mol. The molecule has 142 valence electrons. The van der Waals surface area contributed by atoms with E-state index in [4.69, 9.17) is 9.47 Å². The topological polar surface area (TPSA) is 59.0 Å². The zero-order valence-electron chi connectivity index (χ0n) is 15.3. The van der Waals surface area contributed by atoms with Gasteiger partial charge < -0.3 is 14.6 Å². The van der Waals surface area contributed by atoms with E-state index in [1.807, 2.05) is 35.2 Å². The molecule has 2 heterocycles. The molecule has 3 fully saturated rings. The largest absolute Gasteiger partial charge is 0.445 e. The molecule has 1 aromatic carbocycles. The van der Waals surface area contributed by atoms with Crippen LogP contribution < -0.4 is 0 Å². The van der Waals surface area contributed by atoms with Crippen LogP contribution in [0.1, 0.15) is 50.5 Å². The van der Waals surface area contributed by atoms with Gasteiger partial charge in [-0.2, -0.15) is 0 Å². The van der Waals surface area contributed by atoms with Crippen LogP contribution in [0.25, 0.3) is 0 Å². The van der Waals surface area contributed by atoms with Crippen LogP contribution in [0.5, 0.6) is 0 Å². The minimum Gasteiger partial charge on any atom is -0.445 e. The normalized spacial score (nSPS) is 32.3. The van der Waals surface area contributed by atoms with Gasteiger partial charge in [0, 0.05) is 0 Å². The summed E-state index contributed by atoms with van der Waals surface area (Å²) in [7, 11) is 0. The lowest BCUT2D eigenvalue weighted by atomic mass is 9.68. The second-order valence-corrected chi connectivity index (χ2v) is 8.14. The summed E-state index contributed by atoms with van der Waals surface area (Å²) in [5, 5.41) is 11.4. The molecule has 1 saturated carbocycles. The van der Waals surface area contributed by atoms with Crippen LogP contribution in [0.3, 0.4) is 0 Å². The van der Waals surface area contributed by atoms with E-state index in [9.17, 15) is 9.90 Å². The number of amides is 1. The summed E-state index contributed by atoms with van der Waals surface area (Å²) < 4.78 is 11.3. The molecule has 1 aliphatic carbocycles. The molecule has 4 rings (SSSR count). The van der Waals surface area contributed by atoms with Crippen LogP contribution in [0.15, 0.2) is 30.3 Å². The molecule has 0 aromatic heterocycles. The summed E-state index contributed by atoms with van der Waals surface area (Å²) in [5.74, 6) is 0.363. The minimum absolute atomic E-state index is 0.0855. The van der Waals surface area contributed by atoms with Crippen LogP contribution >= 0.6 is 0 Å². The van der Waals surface area contributed by atoms with Crippen LogP contribution in [0.4, 0.5) is 4.79 Å². The number of carbonyl (C=O) groups excluding carboxylic acids is 1. The molecule has 0 spiro atoms. The van der Waals surface area contributed by atoms with Gasteiger partial charge in [-0.25, -0.2) is 4.79 Å². The van der Waals surface area contributed by atoms with E-state index in [-0.39, 0.29) is 24.8 Å². The van der Waals surface area contributed by atoms with Crippen molar-refractivity contribution in [3.8, 4) is 0 Å². The highest BCUT2D eigenvalue weighted by molar-refractivity contribution is 5.69. The molecular formula is C21H29NO4. The Morgan fingerprint density at radius 3 is 2.42 bits per heavy atom. The number of piperidine rings is 1. The van der Waals surface area contributed by atoms with E-state index < -0.39 is 5.60 Å². The lowest BCUT2D eigenvalue weighted by Crippen LogP contribution is -2.65. The summed E-state index contributed by atoms with van der Waals surface area (Å²) in [4.78, 5) is 14.6. The third kappa shape index (κ3) is 3.60. The molecule has 3 aliphatic rings. The van der Waals surface area contributed by atoms with Crippen LogP contribution in [-0.2, 0) is 16.1 Å². The Hall–Kier alpha value is -1.59. The smallest absolute Gasteiger partial charge is 0.410 e. The number of fused-ring (bicyclic) bond motifs is 2. The Morgan fingerprint density at radius 1 is 1.12 bits per heavy atom. The van der Waals surface area contributed by atoms with Gasteiger partial charge in [0.2, 0.25) is 0 Å². The first-order valence-corrected chi connectivity index (χ1v) is 9.95. The molecule has 1 N–H and O–H groups in total. The first-order valence-electron chi connectivity index (χ1n) is 9.95. The standard InChI is InChI=1S/C21H29NO4/c23-20(26-13-16-7-3-1-4-8-16)22-18-11-21(24,12-19(22)15-25-14-18)17-9-5-2-6-10-17/h1,3-4,7-8,17-19,24H,2,5-6,9-15H2. The molecular weight excluding hydrogens is 330 g/mol. The molecule has 1 aromatic rings. The van der Waals surface area contributed by atoms with E-state index in [2.05, 4.69) is 0 Å². The zero-order chi connectivity index (χ0) is 18.0. The zero-order valence-corrected chi connectivity index (χ0v) is 15.3. The fourth-order valence-corrected chi connectivity index (χ4v) is 5.08. The molecule has 5 heteroatoms. The Bertz CT molecular complexity index is 600. The molecule has 2 unspecified atom stereocenters. The Labute approximate surface area is 155 Å². The van der Waals surface area contributed by atoms with E-state index in [1.54, 1.807) is 0 Å². The molecule has 2 aliphatic heterocycles. The molecule has 0 radical (unpaired) electrons. The van der Waals surface area contributed by atoms with Gasteiger partial charge in [-0.15, -0.1) is 0 Å². The molecule has 5 nitrogen and oxygen atoms in total. The Kier molecular flexibility index (Phi) is 5.18. The molecule has 26 heavy (non-hydrogen) atoms. The van der Waals surface area contributed by atoms with Crippen molar-refractivity contribution in [3.63, 3.8) is 0 Å². The van der Waals surface area contributed by atoms with Crippen molar-refractivity contribution in [2.24, 2.45) is 5.92 Å². The fraction of sp³-hybridized carbons (Fsp3) is 0.667. The third-order valence-corrected chi connectivity index (χ3v) is 6.37. The van der Waals surface area contributed by atoms with E-state index in [0.29, 0.717) is 32.0 Å². The average molecular weight is 359 g/mol. The number of nitrogens with zero attached hydrogens (tertiary/aromatic N) is 1. The quantitative estimate of drug-likeness (QED) is 0.897. The second-order valence-electron chi connectivity index (χ2n) is 8.14. The molecule has 1 amide bonds. The highest BCUT2D eigenvalue weighted by Crippen LogP contribution is 2.44. The van der Waals surface area contributed by atoms with Gasteiger partial charge in [0.15, 0.2) is 0 Å².